The van der Waals surface area contributed by atoms with Gasteiger partial charge in [-0.3, -0.25) is 4.79 Å². The topological polar surface area (TPSA) is 69.6 Å². The first kappa shape index (κ1) is 15.0. The second-order valence-electron chi connectivity index (χ2n) is 4.25. The minimum Gasteiger partial charge on any atom is -0.390 e. The Morgan fingerprint density at radius 2 is 2.11 bits per heavy atom. The van der Waals surface area contributed by atoms with Gasteiger partial charge in [0.05, 0.1) is 6.10 Å². The summed E-state index contributed by atoms with van der Waals surface area (Å²) in [5.74, 6) is -0.161. The van der Waals surface area contributed by atoms with Gasteiger partial charge in [-0.25, -0.2) is 0 Å². The molecule has 18 heavy (non-hydrogen) atoms. The van der Waals surface area contributed by atoms with Crippen LogP contribution in [-0.4, -0.2) is 28.8 Å². The van der Waals surface area contributed by atoms with E-state index in [0.29, 0.717) is 17.1 Å². The first-order valence-electron chi connectivity index (χ1n) is 5.79. The lowest BCUT2D eigenvalue weighted by atomic mass is 9.98. The van der Waals surface area contributed by atoms with Crippen LogP contribution in [0.4, 0.5) is 0 Å². The maximum absolute atomic E-state index is 10.7. The average Bonchev–Trinajstić information content (AvgIpc) is 2.27. The fourth-order valence-electron chi connectivity index (χ4n) is 1.77. The van der Waals surface area contributed by atoms with Gasteiger partial charge >= 0.3 is 0 Å². The molecule has 0 radical (unpaired) electrons. The van der Waals surface area contributed by atoms with Crippen LogP contribution in [0.5, 0.6) is 0 Å². The zero-order valence-corrected chi connectivity index (χ0v) is 11.2. The second-order valence-corrected chi connectivity index (χ2v) is 4.66. The molecule has 100 valence electrons. The van der Waals surface area contributed by atoms with E-state index in [1.165, 1.54) is 6.92 Å². The highest BCUT2D eigenvalue weighted by atomic mass is 35.5. The molecule has 0 saturated carbocycles. The Bertz CT molecular complexity index is 402. The highest BCUT2D eigenvalue weighted by Gasteiger charge is 2.22. The molecule has 1 aromatic carbocycles. The normalized spacial score (nSPS) is 14.1. The number of carbonyl (C=O) groups is 1. The van der Waals surface area contributed by atoms with Crippen LogP contribution in [0.3, 0.4) is 0 Å². The largest absolute Gasteiger partial charge is 0.390 e. The summed E-state index contributed by atoms with van der Waals surface area (Å²) in [4.78, 5) is 10.7. The zero-order valence-electron chi connectivity index (χ0n) is 10.5. The van der Waals surface area contributed by atoms with Gasteiger partial charge in [0.1, 0.15) is 6.10 Å². The Morgan fingerprint density at radius 3 is 2.67 bits per heavy atom. The molecule has 0 aromatic heterocycles. The smallest absolute Gasteiger partial charge is 0.216 e. The van der Waals surface area contributed by atoms with Crippen molar-refractivity contribution in [3.05, 3.63) is 34.3 Å². The van der Waals surface area contributed by atoms with Crippen LogP contribution in [0, 0.1) is 6.92 Å². The molecule has 4 nitrogen and oxygen atoms in total. The summed E-state index contributed by atoms with van der Waals surface area (Å²) in [6.45, 7) is 3.54. The third-order valence-corrected chi connectivity index (χ3v) is 3.07. The van der Waals surface area contributed by atoms with Crippen LogP contribution in [0.1, 0.15) is 30.6 Å². The van der Waals surface area contributed by atoms with E-state index in [9.17, 15) is 15.0 Å². The van der Waals surface area contributed by atoms with E-state index in [1.54, 1.807) is 12.1 Å². The van der Waals surface area contributed by atoms with Crippen molar-refractivity contribution < 1.29 is 15.0 Å². The third kappa shape index (κ3) is 3.98. The number of aliphatic hydroxyl groups is 2. The molecular weight excluding hydrogens is 254 g/mol. The molecule has 3 N–H and O–H groups in total. The predicted molar refractivity (Wildman–Crippen MR) is 70.5 cm³/mol. The summed E-state index contributed by atoms with van der Waals surface area (Å²) in [5, 5.41) is 22.9. The Morgan fingerprint density at radius 1 is 1.44 bits per heavy atom. The molecular formula is C13H18ClNO3. The molecule has 0 heterocycles. The van der Waals surface area contributed by atoms with Gasteiger partial charge < -0.3 is 15.5 Å². The monoisotopic (exact) mass is 271 g/mol. The van der Waals surface area contributed by atoms with Crippen LogP contribution in [0.25, 0.3) is 0 Å². The molecule has 5 heteroatoms. The standard InChI is InChI=1S/C13H18ClNO3/c1-8-4-3-5-10(14)12(8)13(18)11(17)6-7-15-9(2)16/h3-5,11,13,17-18H,6-7H2,1-2H3,(H,15,16). The van der Waals surface area contributed by atoms with Crippen molar-refractivity contribution >= 4 is 17.5 Å². The van der Waals surface area contributed by atoms with Crippen LogP contribution < -0.4 is 5.32 Å². The van der Waals surface area contributed by atoms with Crippen molar-refractivity contribution in [2.75, 3.05) is 6.54 Å². The predicted octanol–water partition coefficient (Wildman–Crippen LogP) is 1.57. The molecule has 2 atom stereocenters. The fraction of sp³-hybridized carbons (Fsp3) is 0.462. The van der Waals surface area contributed by atoms with Gasteiger partial charge in [-0.2, -0.15) is 0 Å². The summed E-state index contributed by atoms with van der Waals surface area (Å²) in [5.41, 5.74) is 1.36. The van der Waals surface area contributed by atoms with Crippen molar-refractivity contribution in [2.45, 2.75) is 32.5 Å². The maximum Gasteiger partial charge on any atom is 0.216 e. The number of halogens is 1. The van der Waals surface area contributed by atoms with Gasteiger partial charge in [-0.1, -0.05) is 23.7 Å². The van der Waals surface area contributed by atoms with Gasteiger partial charge in [0.15, 0.2) is 0 Å². The lowest BCUT2D eigenvalue weighted by Crippen LogP contribution is -2.28. The minimum absolute atomic E-state index is 0.161. The van der Waals surface area contributed by atoms with Crippen molar-refractivity contribution in [1.29, 1.82) is 0 Å². The van der Waals surface area contributed by atoms with Crippen molar-refractivity contribution in [1.82, 2.24) is 5.32 Å². The van der Waals surface area contributed by atoms with Gasteiger partial charge in [0, 0.05) is 24.1 Å². The summed E-state index contributed by atoms with van der Waals surface area (Å²) < 4.78 is 0. The molecule has 0 saturated heterocycles. The molecule has 0 aliphatic rings. The third-order valence-electron chi connectivity index (χ3n) is 2.75. The number of hydrogen-bond acceptors (Lipinski definition) is 3. The maximum atomic E-state index is 10.7. The lowest BCUT2D eigenvalue weighted by molar-refractivity contribution is -0.119. The Hall–Kier alpha value is -1.10. The molecule has 1 rings (SSSR count). The molecule has 0 aliphatic carbocycles. The SMILES string of the molecule is CC(=O)NCCC(O)C(O)c1c(C)cccc1Cl. The van der Waals surface area contributed by atoms with Crippen LogP contribution in [-0.2, 0) is 4.79 Å². The van der Waals surface area contributed by atoms with E-state index in [0.717, 1.165) is 5.56 Å². The van der Waals surface area contributed by atoms with E-state index in [1.807, 2.05) is 13.0 Å². The molecule has 0 aliphatic heterocycles. The molecule has 0 fully saturated rings. The molecule has 1 amide bonds. The van der Waals surface area contributed by atoms with Gasteiger partial charge in [0.2, 0.25) is 5.91 Å². The average molecular weight is 272 g/mol. The summed E-state index contributed by atoms with van der Waals surface area (Å²) in [7, 11) is 0. The van der Waals surface area contributed by atoms with E-state index in [-0.39, 0.29) is 12.3 Å². The number of nitrogens with one attached hydrogen (secondary N) is 1. The number of aliphatic hydroxyl groups excluding tert-OH is 2. The Labute approximate surface area is 112 Å². The van der Waals surface area contributed by atoms with E-state index >= 15 is 0 Å². The highest BCUT2D eigenvalue weighted by molar-refractivity contribution is 6.31. The van der Waals surface area contributed by atoms with Gasteiger partial charge in [0.25, 0.3) is 0 Å². The minimum atomic E-state index is -1.05. The van der Waals surface area contributed by atoms with Gasteiger partial charge in [-0.15, -0.1) is 0 Å². The summed E-state index contributed by atoms with van der Waals surface area (Å²) in [6, 6.07) is 5.29. The van der Waals surface area contributed by atoms with E-state index in [4.69, 9.17) is 11.6 Å². The summed E-state index contributed by atoms with van der Waals surface area (Å²) in [6.07, 6.45) is -1.74. The molecule has 2 unspecified atom stereocenters. The van der Waals surface area contributed by atoms with Crippen molar-refractivity contribution in [3.63, 3.8) is 0 Å². The highest BCUT2D eigenvalue weighted by Crippen LogP contribution is 2.29. The van der Waals surface area contributed by atoms with Gasteiger partial charge in [-0.05, 0) is 25.0 Å². The first-order chi connectivity index (χ1) is 8.43. The number of carbonyl (C=O) groups excluding carboxylic acids is 1. The van der Waals surface area contributed by atoms with Crippen molar-refractivity contribution in [2.24, 2.45) is 0 Å². The van der Waals surface area contributed by atoms with E-state index in [2.05, 4.69) is 5.32 Å². The van der Waals surface area contributed by atoms with Crippen LogP contribution in [0.15, 0.2) is 18.2 Å². The van der Waals surface area contributed by atoms with Crippen LogP contribution in [0.2, 0.25) is 5.02 Å². The number of benzene rings is 1. The first-order valence-corrected chi connectivity index (χ1v) is 6.17. The number of amides is 1. The Balaban J connectivity index is 2.68. The molecule has 1 aromatic rings. The second kappa shape index (κ2) is 6.73. The zero-order chi connectivity index (χ0) is 13.7. The molecule has 0 spiro atoms. The fourth-order valence-corrected chi connectivity index (χ4v) is 2.10. The van der Waals surface area contributed by atoms with Crippen LogP contribution >= 0.6 is 11.6 Å². The number of aryl methyl sites for hydroxylation is 1. The number of rotatable bonds is 5. The Kier molecular flexibility index (Phi) is 5.59. The lowest BCUT2D eigenvalue weighted by Gasteiger charge is -2.21. The van der Waals surface area contributed by atoms with E-state index < -0.39 is 12.2 Å². The quantitative estimate of drug-likeness (QED) is 0.761. The summed E-state index contributed by atoms with van der Waals surface area (Å²) >= 11 is 6.01. The number of hydrogen-bond donors (Lipinski definition) is 3. The molecule has 0 bridgehead atoms. The van der Waals surface area contributed by atoms with Crippen molar-refractivity contribution in [3.8, 4) is 0 Å².